The Morgan fingerprint density at radius 1 is 1.23 bits per heavy atom. The minimum absolute atomic E-state index is 0.0435. The minimum Gasteiger partial charge on any atom is -0.480 e. The highest BCUT2D eigenvalue weighted by molar-refractivity contribution is 5.95. The lowest BCUT2D eigenvalue weighted by Gasteiger charge is -2.41. The molecule has 1 aliphatic carbocycles. The van der Waals surface area contributed by atoms with Gasteiger partial charge in [-0.2, -0.15) is 0 Å². The van der Waals surface area contributed by atoms with Gasteiger partial charge in [-0.05, 0) is 43.4 Å². The minimum atomic E-state index is -0.944. The van der Waals surface area contributed by atoms with E-state index in [1.165, 1.54) is 12.8 Å². The highest BCUT2D eigenvalue weighted by Gasteiger charge is 2.33. The largest absolute Gasteiger partial charge is 0.480 e. The lowest BCUT2D eigenvalue weighted by Crippen LogP contribution is -2.55. The SMILES string of the molecule is O=C(O)CNc1cccc(C(=O)N2CCN(CC3CC3)C(CCO)C2)c1. The average Bonchev–Trinajstić information content (AvgIpc) is 3.45. The third-order valence-corrected chi connectivity index (χ3v) is 5.10. The molecule has 1 heterocycles. The first kappa shape index (κ1) is 18.7. The maximum Gasteiger partial charge on any atom is 0.322 e. The van der Waals surface area contributed by atoms with Crippen molar-refractivity contribution in [3.63, 3.8) is 0 Å². The van der Waals surface area contributed by atoms with Crippen molar-refractivity contribution in [2.24, 2.45) is 5.92 Å². The third kappa shape index (κ3) is 4.95. The van der Waals surface area contributed by atoms with Crippen LogP contribution in [0.1, 0.15) is 29.6 Å². The molecule has 0 bridgehead atoms. The van der Waals surface area contributed by atoms with Gasteiger partial charge < -0.3 is 20.4 Å². The molecule has 0 aromatic heterocycles. The Morgan fingerprint density at radius 2 is 2.04 bits per heavy atom. The van der Waals surface area contributed by atoms with Gasteiger partial charge >= 0.3 is 5.97 Å². The van der Waals surface area contributed by atoms with Crippen molar-refractivity contribution >= 4 is 17.6 Å². The van der Waals surface area contributed by atoms with E-state index in [0.717, 1.165) is 19.0 Å². The van der Waals surface area contributed by atoms with E-state index >= 15 is 0 Å². The number of nitrogens with one attached hydrogen (secondary N) is 1. The normalized spacial score (nSPS) is 20.8. The second-order valence-electron chi connectivity index (χ2n) is 7.18. The summed E-state index contributed by atoms with van der Waals surface area (Å²) >= 11 is 0. The van der Waals surface area contributed by atoms with E-state index in [2.05, 4.69) is 10.2 Å². The van der Waals surface area contributed by atoms with Gasteiger partial charge in [0.25, 0.3) is 5.91 Å². The molecule has 0 radical (unpaired) electrons. The molecule has 2 aliphatic rings. The van der Waals surface area contributed by atoms with Gasteiger partial charge in [-0.1, -0.05) is 6.07 Å². The van der Waals surface area contributed by atoms with Crippen molar-refractivity contribution in [2.75, 3.05) is 44.6 Å². The third-order valence-electron chi connectivity index (χ3n) is 5.10. The average molecular weight is 361 g/mol. The highest BCUT2D eigenvalue weighted by Crippen LogP contribution is 2.31. The Balaban J connectivity index is 1.63. The van der Waals surface area contributed by atoms with Gasteiger partial charge in [0.05, 0.1) is 0 Å². The molecule has 1 aromatic rings. The fraction of sp³-hybridized carbons (Fsp3) is 0.579. The number of aliphatic hydroxyl groups is 1. The zero-order valence-corrected chi connectivity index (χ0v) is 14.9. The molecule has 1 unspecified atom stereocenters. The lowest BCUT2D eigenvalue weighted by atomic mass is 10.1. The van der Waals surface area contributed by atoms with Crippen LogP contribution in [0.3, 0.4) is 0 Å². The van der Waals surface area contributed by atoms with Gasteiger partial charge in [0.1, 0.15) is 6.54 Å². The molecule has 1 saturated carbocycles. The number of aliphatic hydroxyl groups excluding tert-OH is 1. The van der Waals surface area contributed by atoms with Crippen LogP contribution >= 0.6 is 0 Å². The number of nitrogens with zero attached hydrogens (tertiary/aromatic N) is 2. The van der Waals surface area contributed by atoms with E-state index in [9.17, 15) is 14.7 Å². The van der Waals surface area contributed by atoms with Gasteiger partial charge in [0.2, 0.25) is 0 Å². The van der Waals surface area contributed by atoms with Crippen LogP contribution in [0.4, 0.5) is 5.69 Å². The molecule has 1 saturated heterocycles. The monoisotopic (exact) mass is 361 g/mol. The Hall–Kier alpha value is -2.12. The molecule has 7 nitrogen and oxygen atoms in total. The zero-order valence-electron chi connectivity index (χ0n) is 14.9. The van der Waals surface area contributed by atoms with Crippen molar-refractivity contribution in [1.82, 2.24) is 9.80 Å². The molecule has 2 fully saturated rings. The molecule has 1 aromatic carbocycles. The van der Waals surface area contributed by atoms with E-state index in [-0.39, 0.29) is 25.1 Å². The predicted octanol–water partition coefficient (Wildman–Crippen LogP) is 1.10. The summed E-state index contributed by atoms with van der Waals surface area (Å²) in [6.45, 7) is 3.16. The summed E-state index contributed by atoms with van der Waals surface area (Å²) in [4.78, 5) is 27.8. The number of carboxylic acid groups (broad SMARTS) is 1. The molecule has 3 rings (SSSR count). The molecular formula is C19H27N3O4. The first-order valence-electron chi connectivity index (χ1n) is 9.26. The summed E-state index contributed by atoms with van der Waals surface area (Å²) < 4.78 is 0. The van der Waals surface area contributed by atoms with Gasteiger partial charge in [-0.25, -0.2) is 0 Å². The number of amides is 1. The molecule has 1 atom stereocenters. The lowest BCUT2D eigenvalue weighted by molar-refractivity contribution is -0.134. The molecular weight excluding hydrogens is 334 g/mol. The first-order valence-corrected chi connectivity index (χ1v) is 9.26. The Morgan fingerprint density at radius 3 is 2.73 bits per heavy atom. The van der Waals surface area contributed by atoms with Crippen molar-refractivity contribution in [1.29, 1.82) is 0 Å². The predicted molar refractivity (Wildman–Crippen MR) is 98.3 cm³/mol. The van der Waals surface area contributed by atoms with Gasteiger partial charge in [0.15, 0.2) is 0 Å². The van der Waals surface area contributed by atoms with E-state index in [1.54, 1.807) is 24.3 Å². The number of anilines is 1. The summed E-state index contributed by atoms with van der Waals surface area (Å²) in [5.74, 6) is -0.200. The van der Waals surface area contributed by atoms with Crippen molar-refractivity contribution in [2.45, 2.75) is 25.3 Å². The van der Waals surface area contributed by atoms with Gasteiger partial charge in [-0.15, -0.1) is 0 Å². The van der Waals surface area contributed by atoms with Crippen LogP contribution in [0.15, 0.2) is 24.3 Å². The number of carboxylic acids is 1. The number of carbonyl (C=O) groups is 2. The topological polar surface area (TPSA) is 93.1 Å². The fourth-order valence-electron chi connectivity index (χ4n) is 3.50. The van der Waals surface area contributed by atoms with Crippen LogP contribution in [-0.2, 0) is 4.79 Å². The highest BCUT2D eigenvalue weighted by atomic mass is 16.4. The smallest absolute Gasteiger partial charge is 0.322 e. The Labute approximate surface area is 153 Å². The number of carbonyl (C=O) groups excluding carboxylic acids is 1. The number of rotatable bonds is 8. The molecule has 1 amide bonds. The van der Waals surface area contributed by atoms with Crippen molar-refractivity contribution < 1.29 is 19.8 Å². The Bertz CT molecular complexity index is 647. The second kappa shape index (κ2) is 8.51. The molecule has 26 heavy (non-hydrogen) atoms. The van der Waals surface area contributed by atoms with Crippen LogP contribution in [0.5, 0.6) is 0 Å². The molecule has 142 valence electrons. The molecule has 0 spiro atoms. The van der Waals surface area contributed by atoms with Crippen LogP contribution in [0.25, 0.3) is 0 Å². The van der Waals surface area contributed by atoms with E-state index in [1.807, 2.05) is 4.90 Å². The Kier molecular flexibility index (Phi) is 6.11. The van der Waals surface area contributed by atoms with E-state index in [4.69, 9.17) is 5.11 Å². The summed E-state index contributed by atoms with van der Waals surface area (Å²) in [5, 5.41) is 20.9. The van der Waals surface area contributed by atoms with E-state index < -0.39 is 5.97 Å². The maximum atomic E-state index is 12.9. The van der Waals surface area contributed by atoms with Crippen LogP contribution < -0.4 is 5.32 Å². The van der Waals surface area contributed by atoms with E-state index in [0.29, 0.717) is 30.8 Å². The summed E-state index contributed by atoms with van der Waals surface area (Å²) in [7, 11) is 0. The number of hydrogen-bond donors (Lipinski definition) is 3. The number of piperazine rings is 1. The summed E-state index contributed by atoms with van der Waals surface area (Å²) in [6.07, 6.45) is 3.26. The second-order valence-corrected chi connectivity index (χ2v) is 7.18. The van der Waals surface area contributed by atoms with Crippen LogP contribution in [0, 0.1) is 5.92 Å². The fourth-order valence-corrected chi connectivity index (χ4v) is 3.50. The van der Waals surface area contributed by atoms with Crippen molar-refractivity contribution in [3.05, 3.63) is 29.8 Å². The molecule has 7 heteroatoms. The van der Waals surface area contributed by atoms with Gasteiger partial charge in [0, 0.05) is 50.1 Å². The quantitative estimate of drug-likeness (QED) is 0.642. The first-order chi connectivity index (χ1) is 12.6. The van der Waals surface area contributed by atoms with Gasteiger partial charge in [-0.3, -0.25) is 14.5 Å². The standard InChI is InChI=1S/C19H27N3O4/c23-9-6-17-13-22(8-7-21(17)12-14-4-5-14)19(26)15-2-1-3-16(10-15)20-11-18(24)25/h1-3,10,14,17,20,23H,4-9,11-13H2,(H,24,25). The zero-order chi connectivity index (χ0) is 18.5. The summed E-state index contributed by atoms with van der Waals surface area (Å²) in [6, 6.07) is 7.16. The molecule has 1 aliphatic heterocycles. The van der Waals surface area contributed by atoms with Crippen molar-refractivity contribution in [3.8, 4) is 0 Å². The molecule has 3 N–H and O–H groups in total. The number of benzene rings is 1. The maximum absolute atomic E-state index is 12.9. The summed E-state index contributed by atoms with van der Waals surface area (Å²) in [5.41, 5.74) is 1.18. The van der Waals surface area contributed by atoms with Crippen LogP contribution in [0.2, 0.25) is 0 Å². The van der Waals surface area contributed by atoms with Crippen LogP contribution in [-0.4, -0.2) is 77.3 Å². The number of aliphatic carboxylic acids is 1. The number of hydrogen-bond acceptors (Lipinski definition) is 5.